The summed E-state index contributed by atoms with van der Waals surface area (Å²) in [5.74, 6) is -0.820. The molecule has 2 aromatic rings. The van der Waals surface area contributed by atoms with Gasteiger partial charge in [-0.1, -0.05) is 17.7 Å². The number of anilines is 1. The highest BCUT2D eigenvalue weighted by Crippen LogP contribution is 2.25. The molecular formula is C13H12ClFN2O2S. The molecule has 0 unspecified atom stereocenters. The van der Waals surface area contributed by atoms with Crippen LogP contribution in [-0.2, 0) is 10.0 Å². The molecule has 0 aliphatic heterocycles. The van der Waals surface area contributed by atoms with Crippen molar-refractivity contribution >= 4 is 27.3 Å². The number of halogens is 2. The molecule has 0 fully saturated rings. The first kappa shape index (κ1) is 14.7. The molecule has 4 nitrogen and oxygen atoms in total. The van der Waals surface area contributed by atoms with E-state index in [1.54, 1.807) is 13.8 Å². The van der Waals surface area contributed by atoms with Gasteiger partial charge in [0.05, 0.1) is 5.69 Å². The quantitative estimate of drug-likeness (QED) is 0.884. The van der Waals surface area contributed by atoms with Crippen molar-refractivity contribution in [2.75, 3.05) is 4.72 Å². The van der Waals surface area contributed by atoms with Gasteiger partial charge in [0.15, 0.2) is 5.15 Å². The molecule has 0 saturated carbocycles. The molecule has 106 valence electrons. The summed E-state index contributed by atoms with van der Waals surface area (Å²) in [7, 11) is -4.06. The highest BCUT2D eigenvalue weighted by molar-refractivity contribution is 7.92. The van der Waals surface area contributed by atoms with Crippen LogP contribution in [0.2, 0.25) is 5.15 Å². The maximum Gasteiger partial charge on any atom is 0.264 e. The molecule has 2 rings (SSSR count). The van der Waals surface area contributed by atoms with Crippen molar-refractivity contribution in [2.45, 2.75) is 18.7 Å². The minimum Gasteiger partial charge on any atom is -0.276 e. The van der Waals surface area contributed by atoms with Gasteiger partial charge in [0.1, 0.15) is 10.7 Å². The average Bonchev–Trinajstić information content (AvgIpc) is 2.36. The molecule has 7 heteroatoms. The number of rotatable bonds is 3. The van der Waals surface area contributed by atoms with Gasteiger partial charge >= 0.3 is 0 Å². The molecule has 0 radical (unpaired) electrons. The van der Waals surface area contributed by atoms with E-state index >= 15 is 0 Å². The lowest BCUT2D eigenvalue weighted by Gasteiger charge is -2.11. The number of nitrogens with one attached hydrogen (secondary N) is 1. The van der Waals surface area contributed by atoms with Gasteiger partial charge in [-0.15, -0.1) is 0 Å². The Hall–Kier alpha value is -1.66. The molecule has 0 amide bonds. The standard InChI is InChI=1S/C13H12ClFN2O2S/c1-8-3-4-10(15)12(6-8)20(18,19)17-11-5-9(2)7-16-13(11)14/h3-7,17H,1-2H3. The van der Waals surface area contributed by atoms with Crippen LogP contribution in [-0.4, -0.2) is 13.4 Å². The molecule has 0 spiro atoms. The van der Waals surface area contributed by atoms with Gasteiger partial charge in [-0.05, 0) is 43.2 Å². The third-order valence-electron chi connectivity index (χ3n) is 2.60. The third kappa shape index (κ3) is 3.08. The molecule has 0 aliphatic rings. The zero-order chi connectivity index (χ0) is 14.9. The summed E-state index contributed by atoms with van der Waals surface area (Å²) >= 11 is 5.83. The van der Waals surface area contributed by atoms with Crippen molar-refractivity contribution in [2.24, 2.45) is 0 Å². The molecule has 0 bridgehead atoms. The second-order valence-electron chi connectivity index (χ2n) is 4.39. The maximum absolute atomic E-state index is 13.7. The van der Waals surface area contributed by atoms with Gasteiger partial charge in [0.25, 0.3) is 10.0 Å². The van der Waals surface area contributed by atoms with Crippen LogP contribution in [0.1, 0.15) is 11.1 Å². The molecule has 20 heavy (non-hydrogen) atoms. The van der Waals surface area contributed by atoms with Gasteiger partial charge in [0, 0.05) is 6.20 Å². The van der Waals surface area contributed by atoms with Crippen LogP contribution in [0.3, 0.4) is 0 Å². The Bertz CT molecular complexity index is 763. The highest BCUT2D eigenvalue weighted by atomic mass is 35.5. The number of hydrogen-bond acceptors (Lipinski definition) is 3. The second-order valence-corrected chi connectivity index (χ2v) is 6.40. The van der Waals surface area contributed by atoms with Crippen molar-refractivity contribution in [3.05, 3.63) is 52.6 Å². The van der Waals surface area contributed by atoms with Crippen molar-refractivity contribution in [3.8, 4) is 0 Å². The van der Waals surface area contributed by atoms with E-state index in [0.717, 1.165) is 11.6 Å². The number of hydrogen-bond donors (Lipinski definition) is 1. The number of aryl methyl sites for hydroxylation is 2. The molecule has 1 aromatic carbocycles. The highest BCUT2D eigenvalue weighted by Gasteiger charge is 2.20. The van der Waals surface area contributed by atoms with Crippen molar-refractivity contribution < 1.29 is 12.8 Å². The lowest BCUT2D eigenvalue weighted by molar-refractivity contribution is 0.570. The fraction of sp³-hybridized carbons (Fsp3) is 0.154. The summed E-state index contributed by atoms with van der Waals surface area (Å²) < 4.78 is 40.3. The smallest absolute Gasteiger partial charge is 0.264 e. The Morgan fingerprint density at radius 1 is 1.20 bits per heavy atom. The van der Waals surface area contributed by atoms with Crippen LogP contribution in [0.15, 0.2) is 35.4 Å². The molecule has 0 aliphatic carbocycles. The lowest BCUT2D eigenvalue weighted by Crippen LogP contribution is -2.15. The first-order valence-electron chi connectivity index (χ1n) is 5.71. The second kappa shape index (κ2) is 5.38. The fourth-order valence-corrected chi connectivity index (χ4v) is 3.07. The Morgan fingerprint density at radius 3 is 2.60 bits per heavy atom. The van der Waals surface area contributed by atoms with Gasteiger partial charge in [-0.25, -0.2) is 17.8 Å². The van der Waals surface area contributed by atoms with Gasteiger partial charge < -0.3 is 0 Å². The van der Waals surface area contributed by atoms with Crippen LogP contribution in [0.4, 0.5) is 10.1 Å². The predicted molar refractivity (Wildman–Crippen MR) is 75.9 cm³/mol. The number of sulfonamides is 1. The minimum absolute atomic E-state index is 0.00670. The van der Waals surface area contributed by atoms with Crippen LogP contribution in [0.5, 0.6) is 0 Å². The monoisotopic (exact) mass is 314 g/mol. The van der Waals surface area contributed by atoms with Crippen molar-refractivity contribution in [1.29, 1.82) is 0 Å². The summed E-state index contributed by atoms with van der Waals surface area (Å²) in [4.78, 5) is 3.42. The first-order valence-corrected chi connectivity index (χ1v) is 7.57. The number of aromatic nitrogens is 1. The molecule has 1 N–H and O–H groups in total. The van der Waals surface area contributed by atoms with Crippen molar-refractivity contribution in [3.63, 3.8) is 0 Å². The van der Waals surface area contributed by atoms with Crippen LogP contribution < -0.4 is 4.72 Å². The first-order chi connectivity index (χ1) is 9.29. The Labute approximate surface area is 121 Å². The lowest BCUT2D eigenvalue weighted by atomic mass is 10.2. The number of nitrogens with zero attached hydrogens (tertiary/aromatic N) is 1. The van der Waals surface area contributed by atoms with E-state index in [9.17, 15) is 12.8 Å². The maximum atomic E-state index is 13.7. The molecule has 0 atom stereocenters. The van der Waals surface area contributed by atoms with E-state index in [2.05, 4.69) is 9.71 Å². The largest absolute Gasteiger partial charge is 0.276 e. The van der Waals surface area contributed by atoms with E-state index in [-0.39, 0.29) is 10.8 Å². The zero-order valence-corrected chi connectivity index (χ0v) is 12.4. The number of pyridine rings is 1. The predicted octanol–water partition coefficient (Wildman–Crippen LogP) is 3.29. The summed E-state index contributed by atoms with van der Waals surface area (Å²) in [5.41, 5.74) is 1.49. The van der Waals surface area contributed by atoms with Gasteiger partial charge in [-0.3, -0.25) is 4.72 Å². The van der Waals surface area contributed by atoms with E-state index < -0.39 is 20.7 Å². The minimum atomic E-state index is -4.06. The van der Waals surface area contributed by atoms with E-state index in [4.69, 9.17) is 11.6 Å². The summed E-state index contributed by atoms with van der Waals surface area (Å²) in [5, 5.41) is 0.00670. The molecule has 0 saturated heterocycles. The SMILES string of the molecule is Cc1cnc(Cl)c(NS(=O)(=O)c2cc(C)ccc2F)c1. The van der Waals surface area contributed by atoms with E-state index in [1.807, 2.05) is 0 Å². The Morgan fingerprint density at radius 2 is 1.90 bits per heavy atom. The molecule has 1 aromatic heterocycles. The Balaban J connectivity index is 2.46. The van der Waals surface area contributed by atoms with Crippen LogP contribution in [0.25, 0.3) is 0 Å². The van der Waals surface area contributed by atoms with E-state index in [0.29, 0.717) is 5.56 Å². The van der Waals surface area contributed by atoms with Gasteiger partial charge in [-0.2, -0.15) is 0 Å². The average molecular weight is 315 g/mol. The Kier molecular flexibility index (Phi) is 3.96. The third-order valence-corrected chi connectivity index (χ3v) is 4.28. The van der Waals surface area contributed by atoms with Crippen LogP contribution >= 0.6 is 11.6 Å². The van der Waals surface area contributed by atoms with Gasteiger partial charge in [0.2, 0.25) is 0 Å². The van der Waals surface area contributed by atoms with E-state index in [1.165, 1.54) is 24.4 Å². The fourth-order valence-electron chi connectivity index (χ4n) is 1.64. The normalized spacial score (nSPS) is 11.4. The summed E-state index contributed by atoms with van der Waals surface area (Å²) in [6.45, 7) is 3.42. The molecule has 1 heterocycles. The van der Waals surface area contributed by atoms with Crippen molar-refractivity contribution in [1.82, 2.24) is 4.98 Å². The summed E-state index contributed by atoms with van der Waals surface area (Å²) in [6, 6.07) is 5.39. The summed E-state index contributed by atoms with van der Waals surface area (Å²) in [6.07, 6.45) is 1.51. The number of benzene rings is 1. The molecular weight excluding hydrogens is 303 g/mol. The van der Waals surface area contributed by atoms with Crippen LogP contribution in [0, 0.1) is 19.7 Å². The zero-order valence-electron chi connectivity index (χ0n) is 10.8. The topological polar surface area (TPSA) is 59.1 Å².